The molecule has 0 unspecified atom stereocenters. The van der Waals surface area contributed by atoms with Gasteiger partial charge in [0, 0.05) is 30.1 Å². The molecule has 3 heteroatoms. The van der Waals surface area contributed by atoms with Gasteiger partial charge in [0.15, 0.2) is 0 Å². The Morgan fingerprint density at radius 2 is 1.28 bits per heavy atom. The molecule has 0 heterocycles. The fourth-order valence-corrected chi connectivity index (χ4v) is 1.70. The van der Waals surface area contributed by atoms with Crippen LogP contribution in [0.15, 0.2) is 0 Å². The van der Waals surface area contributed by atoms with Gasteiger partial charge in [-0.3, -0.25) is 9.69 Å². The molecule has 0 radical (unpaired) electrons. The molecule has 0 rings (SSSR count). The van der Waals surface area contributed by atoms with Crippen molar-refractivity contribution in [1.29, 1.82) is 0 Å². The molecule has 0 aliphatic carbocycles. The average molecular weight is 256 g/mol. The van der Waals surface area contributed by atoms with Crippen LogP contribution in [-0.4, -0.2) is 47.4 Å². The molecule has 0 bridgehead atoms. The summed E-state index contributed by atoms with van der Waals surface area (Å²) in [7, 11) is 4.02. The molecule has 0 saturated heterocycles. The van der Waals surface area contributed by atoms with Gasteiger partial charge in [0.2, 0.25) is 5.91 Å². The van der Waals surface area contributed by atoms with Crippen LogP contribution < -0.4 is 0 Å². The lowest BCUT2D eigenvalue weighted by molar-refractivity contribution is -0.144. The molecule has 0 fully saturated rings. The van der Waals surface area contributed by atoms with E-state index in [1.54, 1.807) is 0 Å². The van der Waals surface area contributed by atoms with Gasteiger partial charge in [0.25, 0.3) is 0 Å². The summed E-state index contributed by atoms with van der Waals surface area (Å²) in [6.45, 7) is 17.6. The highest BCUT2D eigenvalue weighted by Gasteiger charge is 2.36. The van der Waals surface area contributed by atoms with Crippen molar-refractivity contribution in [2.45, 2.75) is 66.5 Å². The highest BCUT2D eigenvalue weighted by Crippen LogP contribution is 2.24. The first-order valence-electron chi connectivity index (χ1n) is 6.69. The predicted octanol–water partition coefficient (Wildman–Crippen LogP) is 3.00. The standard InChI is InChI=1S/C15H32N2O/c1-13(2,3)12(18)17(10)15(7,8)11-16(9)14(4,5)6/h11H2,1-10H3. The Bertz CT molecular complexity index is 295. The Kier molecular flexibility index (Phi) is 5.03. The van der Waals surface area contributed by atoms with Crippen molar-refractivity contribution in [3.05, 3.63) is 0 Å². The van der Waals surface area contributed by atoms with Gasteiger partial charge < -0.3 is 4.90 Å². The van der Waals surface area contributed by atoms with Crippen LogP contribution in [0.3, 0.4) is 0 Å². The summed E-state index contributed by atoms with van der Waals surface area (Å²) < 4.78 is 0. The van der Waals surface area contributed by atoms with Gasteiger partial charge in [-0.05, 0) is 41.7 Å². The van der Waals surface area contributed by atoms with Crippen molar-refractivity contribution in [3.8, 4) is 0 Å². The van der Waals surface area contributed by atoms with Gasteiger partial charge in [-0.25, -0.2) is 0 Å². The van der Waals surface area contributed by atoms with Crippen molar-refractivity contribution in [1.82, 2.24) is 9.80 Å². The average Bonchev–Trinajstić information content (AvgIpc) is 2.11. The minimum absolute atomic E-state index is 0.114. The Balaban J connectivity index is 4.89. The third-order valence-corrected chi connectivity index (χ3v) is 3.62. The van der Waals surface area contributed by atoms with Crippen molar-refractivity contribution in [2.75, 3.05) is 20.6 Å². The largest absolute Gasteiger partial charge is 0.339 e. The SMILES string of the molecule is CN(CC(C)(C)N(C)C(=O)C(C)(C)C)C(C)(C)C. The first-order chi connectivity index (χ1) is 7.69. The van der Waals surface area contributed by atoms with E-state index >= 15 is 0 Å². The molecule has 0 aromatic carbocycles. The molecular weight excluding hydrogens is 224 g/mol. The van der Waals surface area contributed by atoms with Gasteiger partial charge in [-0.1, -0.05) is 20.8 Å². The number of rotatable bonds is 3. The Labute approximate surface area is 114 Å². The van der Waals surface area contributed by atoms with E-state index in [1.807, 2.05) is 32.7 Å². The van der Waals surface area contributed by atoms with E-state index in [9.17, 15) is 4.79 Å². The molecule has 0 atom stereocenters. The van der Waals surface area contributed by atoms with Gasteiger partial charge in [-0.15, -0.1) is 0 Å². The summed E-state index contributed by atoms with van der Waals surface area (Å²) in [5.41, 5.74) is -0.387. The molecule has 0 saturated carbocycles. The maximum atomic E-state index is 12.3. The fraction of sp³-hybridized carbons (Fsp3) is 0.933. The molecule has 18 heavy (non-hydrogen) atoms. The maximum absolute atomic E-state index is 12.3. The minimum Gasteiger partial charge on any atom is -0.339 e. The quantitative estimate of drug-likeness (QED) is 0.775. The van der Waals surface area contributed by atoms with Gasteiger partial charge >= 0.3 is 0 Å². The summed E-state index contributed by atoms with van der Waals surface area (Å²) in [6.07, 6.45) is 0. The second kappa shape index (κ2) is 5.20. The van der Waals surface area contributed by atoms with Crippen LogP contribution in [0.2, 0.25) is 0 Å². The Morgan fingerprint density at radius 1 is 0.889 bits per heavy atom. The fourth-order valence-electron chi connectivity index (χ4n) is 1.70. The van der Waals surface area contributed by atoms with Crippen molar-refractivity contribution in [3.63, 3.8) is 0 Å². The van der Waals surface area contributed by atoms with E-state index in [0.29, 0.717) is 0 Å². The summed E-state index contributed by atoms with van der Waals surface area (Å²) in [5, 5.41) is 0. The summed E-state index contributed by atoms with van der Waals surface area (Å²) >= 11 is 0. The zero-order valence-corrected chi connectivity index (χ0v) is 14.0. The smallest absolute Gasteiger partial charge is 0.228 e. The maximum Gasteiger partial charge on any atom is 0.228 e. The van der Waals surface area contributed by atoms with Gasteiger partial charge in [-0.2, -0.15) is 0 Å². The molecule has 0 aromatic rings. The summed E-state index contributed by atoms with van der Waals surface area (Å²) in [6, 6.07) is 0. The molecule has 1 amide bonds. The van der Waals surface area contributed by atoms with Crippen LogP contribution in [0.5, 0.6) is 0 Å². The first-order valence-corrected chi connectivity index (χ1v) is 6.69. The lowest BCUT2D eigenvalue weighted by Crippen LogP contribution is -2.56. The number of nitrogens with zero attached hydrogens (tertiary/aromatic N) is 2. The molecule has 3 nitrogen and oxygen atoms in total. The number of hydrogen-bond donors (Lipinski definition) is 0. The zero-order chi connectivity index (χ0) is 14.9. The molecule has 0 N–H and O–H groups in total. The lowest BCUT2D eigenvalue weighted by Gasteiger charge is -2.44. The first kappa shape index (κ1) is 17.4. The van der Waals surface area contributed by atoms with Crippen LogP contribution in [0.1, 0.15) is 55.4 Å². The van der Waals surface area contributed by atoms with Crippen LogP contribution in [0, 0.1) is 5.41 Å². The van der Waals surface area contributed by atoms with E-state index in [-0.39, 0.29) is 22.4 Å². The minimum atomic E-state index is -0.327. The number of carbonyl (C=O) groups excluding carboxylic acids is 1. The molecule has 108 valence electrons. The van der Waals surface area contributed by atoms with Crippen LogP contribution in [0.25, 0.3) is 0 Å². The third-order valence-electron chi connectivity index (χ3n) is 3.62. The van der Waals surface area contributed by atoms with E-state index in [4.69, 9.17) is 0 Å². The van der Waals surface area contributed by atoms with Crippen molar-refractivity contribution >= 4 is 5.91 Å². The third kappa shape index (κ3) is 4.60. The van der Waals surface area contributed by atoms with Crippen LogP contribution in [-0.2, 0) is 4.79 Å². The summed E-state index contributed by atoms with van der Waals surface area (Å²) in [4.78, 5) is 16.5. The number of likely N-dealkylation sites (N-methyl/N-ethyl adjacent to an activating group) is 2. The normalized spacial score (nSPS) is 13.9. The lowest BCUT2D eigenvalue weighted by atomic mass is 9.91. The van der Waals surface area contributed by atoms with E-state index in [0.717, 1.165) is 6.54 Å². The number of amides is 1. The van der Waals surface area contributed by atoms with Gasteiger partial charge in [0.1, 0.15) is 0 Å². The van der Waals surface area contributed by atoms with E-state index < -0.39 is 0 Å². The monoisotopic (exact) mass is 256 g/mol. The topological polar surface area (TPSA) is 23.6 Å². The Hall–Kier alpha value is -0.570. The molecule has 0 aromatic heterocycles. The predicted molar refractivity (Wildman–Crippen MR) is 78.7 cm³/mol. The highest BCUT2D eigenvalue weighted by molar-refractivity contribution is 5.82. The molecule has 0 aliphatic rings. The second-order valence-corrected chi connectivity index (χ2v) is 7.95. The van der Waals surface area contributed by atoms with Crippen LogP contribution >= 0.6 is 0 Å². The van der Waals surface area contributed by atoms with Crippen molar-refractivity contribution < 1.29 is 4.79 Å². The summed E-state index contributed by atoms with van der Waals surface area (Å²) in [5.74, 6) is 0.190. The molecular formula is C15H32N2O. The Morgan fingerprint density at radius 3 is 1.56 bits per heavy atom. The molecule has 0 spiro atoms. The highest BCUT2D eigenvalue weighted by atomic mass is 16.2. The number of hydrogen-bond acceptors (Lipinski definition) is 2. The van der Waals surface area contributed by atoms with E-state index in [1.165, 1.54) is 0 Å². The van der Waals surface area contributed by atoms with Crippen LogP contribution in [0.4, 0.5) is 0 Å². The molecule has 0 aliphatic heterocycles. The van der Waals surface area contributed by atoms with Gasteiger partial charge in [0.05, 0.1) is 0 Å². The number of carbonyl (C=O) groups is 1. The van der Waals surface area contributed by atoms with E-state index in [2.05, 4.69) is 46.6 Å². The zero-order valence-electron chi connectivity index (χ0n) is 14.0. The van der Waals surface area contributed by atoms with Crippen molar-refractivity contribution in [2.24, 2.45) is 5.41 Å². The second-order valence-electron chi connectivity index (χ2n) is 7.95.